The van der Waals surface area contributed by atoms with Gasteiger partial charge >= 0.3 is 0 Å². The molecule has 0 radical (unpaired) electrons. The standard InChI is InChI=1S/C20H25N3.C8H10O.C2H6.CH4/c21-14-23-12-11-18-17-7-3-4-8-19(17)22-20(18)10-9-15-5-1-2-6-16(15)13-23;1-7-4-2-3-5-8(7)6-9;1-2;/h3-4,7-8,15-16,22H,1-2,5-6,9-13H2;2-5,9H,6H2,1H3;1-2H3;1H4. The molecule has 0 spiro atoms. The first-order valence-electron chi connectivity index (χ1n) is 13.1. The minimum Gasteiger partial charge on any atom is -0.392 e. The molecule has 190 valence electrons. The second-order valence-corrected chi connectivity index (χ2v) is 9.35. The summed E-state index contributed by atoms with van der Waals surface area (Å²) in [5, 5.41) is 19.6. The van der Waals surface area contributed by atoms with Gasteiger partial charge in [0.15, 0.2) is 6.19 Å². The van der Waals surface area contributed by atoms with E-state index in [1.165, 1.54) is 54.3 Å². The Morgan fingerprint density at radius 2 is 1.66 bits per heavy atom. The average molecular weight is 476 g/mol. The van der Waals surface area contributed by atoms with Crippen LogP contribution in [0.5, 0.6) is 0 Å². The van der Waals surface area contributed by atoms with Crippen LogP contribution in [0, 0.1) is 30.2 Å². The fourth-order valence-corrected chi connectivity index (χ4v) is 5.49. The van der Waals surface area contributed by atoms with E-state index >= 15 is 0 Å². The maximum atomic E-state index is 9.54. The summed E-state index contributed by atoms with van der Waals surface area (Å²) in [6, 6.07) is 16.4. The number of hydrogen-bond acceptors (Lipinski definition) is 3. The number of nitrogens with zero attached hydrogens (tertiary/aromatic N) is 2. The number of para-hydroxylation sites is 1. The van der Waals surface area contributed by atoms with Crippen molar-refractivity contribution in [3.63, 3.8) is 0 Å². The minimum absolute atomic E-state index is 0. The van der Waals surface area contributed by atoms with Crippen molar-refractivity contribution >= 4 is 10.9 Å². The molecule has 2 N–H and O–H groups in total. The number of aromatic nitrogens is 1. The zero-order valence-corrected chi connectivity index (χ0v) is 21.2. The summed E-state index contributed by atoms with van der Waals surface area (Å²) in [4.78, 5) is 5.67. The van der Waals surface area contributed by atoms with Crippen LogP contribution in [0.3, 0.4) is 0 Å². The first-order chi connectivity index (χ1) is 16.7. The lowest BCUT2D eigenvalue weighted by Crippen LogP contribution is -2.34. The summed E-state index contributed by atoms with van der Waals surface area (Å²) in [7, 11) is 0. The Balaban J connectivity index is 0.000000305. The van der Waals surface area contributed by atoms with E-state index in [0.29, 0.717) is 5.92 Å². The molecule has 0 bridgehead atoms. The highest BCUT2D eigenvalue weighted by molar-refractivity contribution is 5.84. The molecule has 0 saturated heterocycles. The Kier molecular flexibility index (Phi) is 11.9. The highest BCUT2D eigenvalue weighted by atomic mass is 16.3. The molecule has 1 aromatic heterocycles. The maximum absolute atomic E-state index is 9.54. The number of nitrogens with one attached hydrogen (secondary N) is 1. The van der Waals surface area contributed by atoms with Crippen LogP contribution in [0.1, 0.15) is 75.8 Å². The van der Waals surface area contributed by atoms with E-state index in [1.54, 1.807) is 0 Å². The molecule has 2 unspecified atom stereocenters. The van der Waals surface area contributed by atoms with Gasteiger partial charge in [-0.3, -0.25) is 0 Å². The lowest BCUT2D eigenvalue weighted by Gasteiger charge is -2.34. The SMILES string of the molecule is C.CC.Cc1ccccc1CO.N#CN1CCc2c([nH]c3ccccc23)CCC2CCCCC2C1. The summed E-state index contributed by atoms with van der Waals surface area (Å²) >= 11 is 0. The Hall–Kier alpha value is -2.77. The second-order valence-electron chi connectivity index (χ2n) is 9.35. The molecular formula is C31H45N3O. The topological polar surface area (TPSA) is 63.0 Å². The molecule has 2 heterocycles. The van der Waals surface area contributed by atoms with Crippen LogP contribution in [-0.4, -0.2) is 28.1 Å². The third kappa shape index (κ3) is 7.36. The number of fused-ring (bicyclic) bond motifs is 4. The van der Waals surface area contributed by atoms with Crippen molar-refractivity contribution < 1.29 is 5.11 Å². The smallest absolute Gasteiger partial charge is 0.179 e. The number of nitriles is 1. The van der Waals surface area contributed by atoms with Gasteiger partial charge in [-0.25, -0.2) is 0 Å². The van der Waals surface area contributed by atoms with Gasteiger partial charge in [-0.05, 0) is 67.2 Å². The monoisotopic (exact) mass is 475 g/mol. The third-order valence-electron chi connectivity index (χ3n) is 7.39. The normalized spacial score (nSPS) is 19.3. The highest BCUT2D eigenvalue weighted by Crippen LogP contribution is 2.35. The number of H-pyrrole nitrogens is 1. The van der Waals surface area contributed by atoms with Crippen molar-refractivity contribution in [1.82, 2.24) is 9.88 Å². The van der Waals surface area contributed by atoms with Crippen molar-refractivity contribution in [1.29, 1.82) is 5.26 Å². The van der Waals surface area contributed by atoms with Crippen molar-refractivity contribution in [2.24, 2.45) is 11.8 Å². The Bertz CT molecular complexity index is 1060. The molecule has 5 rings (SSSR count). The van der Waals surface area contributed by atoms with Gasteiger partial charge in [-0.1, -0.05) is 83.0 Å². The van der Waals surface area contributed by atoms with Gasteiger partial charge in [0.05, 0.1) is 6.61 Å². The van der Waals surface area contributed by atoms with Crippen molar-refractivity contribution in [3.05, 3.63) is 70.9 Å². The summed E-state index contributed by atoms with van der Waals surface area (Å²) in [5.41, 5.74) is 6.27. The lowest BCUT2D eigenvalue weighted by molar-refractivity contribution is 0.176. The number of aromatic amines is 1. The van der Waals surface area contributed by atoms with Crippen molar-refractivity contribution in [2.45, 2.75) is 79.8 Å². The average Bonchev–Trinajstić information content (AvgIpc) is 3.25. The molecule has 3 aromatic rings. The molecule has 1 aliphatic heterocycles. The molecule has 1 aliphatic carbocycles. The van der Waals surface area contributed by atoms with Gasteiger partial charge in [0.1, 0.15) is 0 Å². The van der Waals surface area contributed by atoms with Crippen LogP contribution in [0.15, 0.2) is 48.5 Å². The highest BCUT2D eigenvalue weighted by Gasteiger charge is 2.28. The van der Waals surface area contributed by atoms with E-state index in [1.807, 2.05) is 49.9 Å². The van der Waals surface area contributed by atoms with Crippen molar-refractivity contribution in [3.8, 4) is 6.19 Å². The number of hydrogen-bond donors (Lipinski definition) is 2. The van der Waals surface area contributed by atoms with Crippen molar-refractivity contribution in [2.75, 3.05) is 13.1 Å². The lowest BCUT2D eigenvalue weighted by atomic mass is 9.76. The number of benzene rings is 2. The molecule has 4 nitrogen and oxygen atoms in total. The molecular weight excluding hydrogens is 430 g/mol. The zero-order valence-electron chi connectivity index (χ0n) is 21.2. The molecule has 35 heavy (non-hydrogen) atoms. The van der Waals surface area contributed by atoms with Gasteiger partial charge < -0.3 is 15.0 Å². The first kappa shape index (κ1) is 28.5. The van der Waals surface area contributed by atoms with E-state index in [9.17, 15) is 5.26 Å². The number of aryl methyl sites for hydroxylation is 2. The van der Waals surface area contributed by atoms with Crippen LogP contribution >= 0.6 is 0 Å². The zero-order chi connectivity index (χ0) is 24.3. The number of aliphatic hydroxyl groups excluding tert-OH is 1. The predicted molar refractivity (Wildman–Crippen MR) is 148 cm³/mol. The Morgan fingerprint density at radius 1 is 0.971 bits per heavy atom. The van der Waals surface area contributed by atoms with Crippen LogP contribution in [-0.2, 0) is 19.4 Å². The molecule has 1 fully saturated rings. The summed E-state index contributed by atoms with van der Waals surface area (Å²) in [6.45, 7) is 7.96. The van der Waals surface area contributed by atoms with E-state index in [-0.39, 0.29) is 14.0 Å². The Morgan fingerprint density at radius 3 is 2.34 bits per heavy atom. The number of aliphatic hydroxyl groups is 1. The minimum atomic E-state index is 0. The third-order valence-corrected chi connectivity index (χ3v) is 7.39. The first-order valence-corrected chi connectivity index (χ1v) is 13.1. The molecule has 0 amide bonds. The number of rotatable bonds is 1. The second kappa shape index (κ2) is 14.6. The summed E-state index contributed by atoms with van der Waals surface area (Å²) in [5.74, 6) is 1.51. The quantitative estimate of drug-likeness (QED) is 0.361. The van der Waals surface area contributed by atoms with Crippen LogP contribution < -0.4 is 0 Å². The Labute approximate surface area is 213 Å². The molecule has 2 aliphatic rings. The molecule has 2 atom stereocenters. The van der Waals surface area contributed by atoms with Crippen LogP contribution in [0.4, 0.5) is 0 Å². The van der Waals surface area contributed by atoms with E-state index in [4.69, 9.17) is 5.11 Å². The van der Waals surface area contributed by atoms with Gasteiger partial charge in [0.2, 0.25) is 0 Å². The molecule has 1 saturated carbocycles. The van der Waals surface area contributed by atoms with Gasteiger partial charge in [-0.2, -0.15) is 5.26 Å². The van der Waals surface area contributed by atoms with E-state index in [2.05, 4.69) is 35.4 Å². The van der Waals surface area contributed by atoms with E-state index < -0.39 is 0 Å². The van der Waals surface area contributed by atoms with Gasteiger partial charge in [-0.15, -0.1) is 0 Å². The largest absolute Gasteiger partial charge is 0.392 e. The van der Waals surface area contributed by atoms with Gasteiger partial charge in [0.25, 0.3) is 0 Å². The summed E-state index contributed by atoms with van der Waals surface area (Å²) in [6.07, 6.45) is 11.2. The fourth-order valence-electron chi connectivity index (χ4n) is 5.49. The fraction of sp³-hybridized carbons (Fsp3) is 0.516. The summed E-state index contributed by atoms with van der Waals surface area (Å²) < 4.78 is 0. The maximum Gasteiger partial charge on any atom is 0.179 e. The van der Waals surface area contributed by atoms with Crippen LogP contribution in [0.2, 0.25) is 0 Å². The van der Waals surface area contributed by atoms with Gasteiger partial charge in [0, 0.05) is 29.7 Å². The molecule has 2 aromatic carbocycles. The predicted octanol–water partition coefficient (Wildman–Crippen LogP) is 7.40. The van der Waals surface area contributed by atoms with E-state index in [0.717, 1.165) is 43.0 Å². The van der Waals surface area contributed by atoms with Crippen LogP contribution in [0.25, 0.3) is 10.9 Å². The molecule has 4 heteroatoms.